The minimum absolute atomic E-state index is 0.0614. The number of hydrogen-bond donors (Lipinski definition) is 1. The van der Waals surface area contributed by atoms with Gasteiger partial charge >= 0.3 is 0 Å². The number of aromatic nitrogens is 2. The highest BCUT2D eigenvalue weighted by atomic mass is 32.2. The first kappa shape index (κ1) is 16.6. The molecule has 0 unspecified atom stereocenters. The number of aliphatic hydroxyl groups is 1. The van der Waals surface area contributed by atoms with E-state index >= 15 is 0 Å². The number of rotatable bonds is 6. The average molecular weight is 324 g/mol. The minimum Gasteiger partial charge on any atom is -0.390 e. The van der Waals surface area contributed by atoms with Crippen molar-refractivity contribution in [3.8, 4) is 11.4 Å². The smallest absolute Gasteiger partial charge is 0.242 e. The van der Waals surface area contributed by atoms with Gasteiger partial charge in [0.15, 0.2) is 9.84 Å². The predicted molar refractivity (Wildman–Crippen MR) is 82.9 cm³/mol. The summed E-state index contributed by atoms with van der Waals surface area (Å²) in [6, 6.07) is 7.55. The van der Waals surface area contributed by atoms with E-state index in [2.05, 4.69) is 10.1 Å². The summed E-state index contributed by atoms with van der Waals surface area (Å²) in [5.41, 5.74) is 0.866. The quantitative estimate of drug-likeness (QED) is 0.875. The number of nitrogens with zero attached hydrogens (tertiary/aromatic N) is 2. The van der Waals surface area contributed by atoms with E-state index in [1.807, 2.05) is 31.2 Å². The van der Waals surface area contributed by atoms with Crippen LogP contribution in [0, 0.1) is 6.92 Å². The molecule has 0 bridgehead atoms. The van der Waals surface area contributed by atoms with Crippen molar-refractivity contribution in [1.29, 1.82) is 0 Å². The Morgan fingerprint density at radius 1 is 1.23 bits per heavy atom. The maximum Gasteiger partial charge on any atom is 0.242 e. The van der Waals surface area contributed by atoms with Crippen LogP contribution in [0.1, 0.15) is 31.7 Å². The molecular weight excluding hydrogens is 304 g/mol. The van der Waals surface area contributed by atoms with Crippen LogP contribution in [0.15, 0.2) is 28.8 Å². The second-order valence-corrected chi connectivity index (χ2v) is 8.22. The predicted octanol–water partition coefficient (Wildman–Crippen LogP) is 2.12. The largest absolute Gasteiger partial charge is 0.390 e. The molecule has 0 aliphatic heterocycles. The van der Waals surface area contributed by atoms with Crippen LogP contribution in [0.2, 0.25) is 0 Å². The maximum atomic E-state index is 12.0. The second-order valence-electron chi connectivity index (χ2n) is 6.03. The van der Waals surface area contributed by atoms with Crippen molar-refractivity contribution in [1.82, 2.24) is 10.1 Å². The third kappa shape index (κ3) is 4.92. The zero-order valence-corrected chi connectivity index (χ0v) is 13.7. The van der Waals surface area contributed by atoms with Gasteiger partial charge < -0.3 is 9.63 Å². The fourth-order valence-electron chi connectivity index (χ4n) is 1.80. The van der Waals surface area contributed by atoms with Crippen LogP contribution in [0.3, 0.4) is 0 Å². The Morgan fingerprint density at radius 2 is 1.86 bits per heavy atom. The molecule has 2 aromatic rings. The van der Waals surface area contributed by atoms with E-state index in [1.165, 1.54) is 0 Å². The summed E-state index contributed by atoms with van der Waals surface area (Å²) in [5, 5.41) is 13.4. The fourth-order valence-corrected chi connectivity index (χ4v) is 3.25. The van der Waals surface area contributed by atoms with Gasteiger partial charge in [-0.15, -0.1) is 0 Å². The summed E-state index contributed by atoms with van der Waals surface area (Å²) in [6.07, 6.45) is 0.161. The van der Waals surface area contributed by atoms with Crippen molar-refractivity contribution >= 4 is 9.84 Å². The van der Waals surface area contributed by atoms with Gasteiger partial charge in [-0.25, -0.2) is 8.42 Å². The molecule has 1 aromatic heterocycles. The molecule has 22 heavy (non-hydrogen) atoms. The molecule has 0 amide bonds. The van der Waals surface area contributed by atoms with Gasteiger partial charge in [0.1, 0.15) is 5.75 Å². The summed E-state index contributed by atoms with van der Waals surface area (Å²) >= 11 is 0. The van der Waals surface area contributed by atoms with Crippen molar-refractivity contribution in [2.24, 2.45) is 0 Å². The van der Waals surface area contributed by atoms with Gasteiger partial charge in [-0.05, 0) is 27.2 Å². The Morgan fingerprint density at radius 3 is 2.45 bits per heavy atom. The SMILES string of the molecule is Cc1ccc(-c2noc(CS(=O)(=O)CCC(C)(C)O)n2)cc1. The first-order chi connectivity index (χ1) is 10.1. The number of hydrogen-bond acceptors (Lipinski definition) is 6. The van der Waals surface area contributed by atoms with Crippen LogP contribution < -0.4 is 0 Å². The average Bonchev–Trinajstić information content (AvgIpc) is 2.84. The first-order valence-electron chi connectivity index (χ1n) is 6.97. The third-order valence-electron chi connectivity index (χ3n) is 3.15. The number of aryl methyl sites for hydroxylation is 1. The van der Waals surface area contributed by atoms with Gasteiger partial charge in [0.25, 0.3) is 0 Å². The topological polar surface area (TPSA) is 93.3 Å². The van der Waals surface area contributed by atoms with Crippen molar-refractivity contribution in [3.05, 3.63) is 35.7 Å². The third-order valence-corrected chi connectivity index (χ3v) is 4.66. The second kappa shape index (κ2) is 6.18. The van der Waals surface area contributed by atoms with Crippen molar-refractivity contribution in [2.45, 2.75) is 38.5 Å². The Kier molecular flexibility index (Phi) is 4.67. The number of sulfone groups is 1. The van der Waals surface area contributed by atoms with Gasteiger partial charge in [-0.3, -0.25) is 0 Å². The summed E-state index contributed by atoms with van der Waals surface area (Å²) in [7, 11) is -3.40. The molecule has 0 aliphatic rings. The lowest BCUT2D eigenvalue weighted by Crippen LogP contribution is -2.24. The monoisotopic (exact) mass is 324 g/mol. The van der Waals surface area contributed by atoms with Gasteiger partial charge in [-0.1, -0.05) is 35.0 Å². The van der Waals surface area contributed by atoms with E-state index in [9.17, 15) is 13.5 Å². The van der Waals surface area contributed by atoms with Gasteiger partial charge in [-0.2, -0.15) is 4.98 Å². The fraction of sp³-hybridized carbons (Fsp3) is 0.467. The minimum atomic E-state index is -3.40. The van der Waals surface area contributed by atoms with E-state index in [0.717, 1.165) is 11.1 Å². The highest BCUT2D eigenvalue weighted by Gasteiger charge is 2.22. The van der Waals surface area contributed by atoms with E-state index < -0.39 is 15.4 Å². The summed E-state index contributed by atoms with van der Waals surface area (Å²) in [5.74, 6) is -0.0141. The Labute approximate surface area is 130 Å². The van der Waals surface area contributed by atoms with Crippen LogP contribution in [0.4, 0.5) is 0 Å². The van der Waals surface area contributed by atoms with Gasteiger partial charge in [0, 0.05) is 5.56 Å². The normalized spacial score (nSPS) is 12.5. The molecule has 0 spiro atoms. The molecule has 0 fully saturated rings. The van der Waals surface area contributed by atoms with Crippen molar-refractivity contribution in [2.75, 3.05) is 5.75 Å². The van der Waals surface area contributed by atoms with Gasteiger partial charge in [0.2, 0.25) is 11.7 Å². The van der Waals surface area contributed by atoms with E-state index in [0.29, 0.717) is 5.82 Å². The zero-order chi connectivity index (χ0) is 16.4. The summed E-state index contributed by atoms with van der Waals surface area (Å²) in [4.78, 5) is 4.12. The molecule has 6 nitrogen and oxygen atoms in total. The van der Waals surface area contributed by atoms with Crippen LogP contribution in [0.5, 0.6) is 0 Å². The molecule has 1 heterocycles. The molecule has 0 atom stereocenters. The maximum absolute atomic E-state index is 12.0. The molecule has 120 valence electrons. The van der Waals surface area contributed by atoms with Crippen molar-refractivity contribution in [3.63, 3.8) is 0 Å². The Balaban J connectivity index is 2.07. The Bertz CT molecular complexity index is 728. The van der Waals surface area contributed by atoms with Gasteiger partial charge in [0.05, 0.1) is 11.4 Å². The van der Waals surface area contributed by atoms with E-state index in [4.69, 9.17) is 4.52 Å². The summed E-state index contributed by atoms with van der Waals surface area (Å²) in [6.45, 7) is 5.12. The highest BCUT2D eigenvalue weighted by Crippen LogP contribution is 2.18. The summed E-state index contributed by atoms with van der Waals surface area (Å²) < 4.78 is 29.0. The van der Waals surface area contributed by atoms with E-state index in [1.54, 1.807) is 13.8 Å². The molecular formula is C15H20N2O4S. The zero-order valence-electron chi connectivity index (χ0n) is 12.9. The molecule has 2 rings (SSSR count). The molecule has 0 saturated carbocycles. The lowest BCUT2D eigenvalue weighted by Gasteiger charge is -2.15. The first-order valence-corrected chi connectivity index (χ1v) is 8.79. The highest BCUT2D eigenvalue weighted by molar-refractivity contribution is 7.90. The van der Waals surface area contributed by atoms with Crippen LogP contribution in [-0.2, 0) is 15.6 Å². The molecule has 0 aliphatic carbocycles. The van der Waals surface area contributed by atoms with Crippen LogP contribution in [0.25, 0.3) is 11.4 Å². The Hall–Kier alpha value is -1.73. The van der Waals surface area contributed by atoms with Crippen molar-refractivity contribution < 1.29 is 18.0 Å². The molecule has 0 saturated heterocycles. The number of benzene rings is 1. The standard InChI is InChI=1S/C15H20N2O4S/c1-11-4-6-12(7-5-11)14-16-13(21-17-14)10-22(19,20)9-8-15(2,3)18/h4-7,18H,8-10H2,1-3H3. The van der Waals surface area contributed by atoms with Crippen LogP contribution in [-0.4, -0.2) is 35.0 Å². The molecule has 1 N–H and O–H groups in total. The molecule has 1 aromatic carbocycles. The molecule has 7 heteroatoms. The van der Waals surface area contributed by atoms with Crippen LogP contribution >= 0.6 is 0 Å². The lowest BCUT2D eigenvalue weighted by atomic mass is 10.1. The molecule has 0 radical (unpaired) electrons. The van der Waals surface area contributed by atoms with E-state index in [-0.39, 0.29) is 23.8 Å². The lowest BCUT2D eigenvalue weighted by molar-refractivity contribution is 0.0772.